The Labute approximate surface area is 200 Å². The number of benzene rings is 2. The zero-order chi connectivity index (χ0) is 24.2. The summed E-state index contributed by atoms with van der Waals surface area (Å²) in [5.41, 5.74) is 2.27. The van der Waals surface area contributed by atoms with Crippen molar-refractivity contribution in [1.29, 1.82) is 0 Å². The molecule has 0 radical (unpaired) electrons. The van der Waals surface area contributed by atoms with Crippen LogP contribution in [0.2, 0.25) is 0 Å². The van der Waals surface area contributed by atoms with Gasteiger partial charge in [-0.3, -0.25) is 9.59 Å². The molecule has 0 aliphatic carbocycles. The highest BCUT2D eigenvalue weighted by molar-refractivity contribution is 7.15. The van der Waals surface area contributed by atoms with Crippen LogP contribution in [0.4, 0.5) is 5.69 Å². The van der Waals surface area contributed by atoms with E-state index < -0.39 is 5.56 Å². The minimum Gasteiger partial charge on any atom is -0.493 e. The fraction of sp³-hybridized carbons (Fsp3) is 0.280. The van der Waals surface area contributed by atoms with E-state index in [4.69, 9.17) is 9.47 Å². The number of anilines is 1. The van der Waals surface area contributed by atoms with E-state index >= 15 is 0 Å². The van der Waals surface area contributed by atoms with Gasteiger partial charge in [-0.15, -0.1) is 0 Å². The Morgan fingerprint density at radius 2 is 1.71 bits per heavy atom. The van der Waals surface area contributed by atoms with E-state index in [9.17, 15) is 9.59 Å². The second-order valence-corrected chi connectivity index (χ2v) is 8.61. The minimum absolute atomic E-state index is 0.190. The van der Waals surface area contributed by atoms with Gasteiger partial charge in [0.25, 0.3) is 11.1 Å². The van der Waals surface area contributed by atoms with Crippen molar-refractivity contribution in [3.8, 4) is 11.5 Å². The Balaban J connectivity index is 1.68. The average Bonchev–Trinajstić information content (AvgIpc) is 3.14. The summed E-state index contributed by atoms with van der Waals surface area (Å²) in [6.45, 7) is 6.09. The predicted molar refractivity (Wildman–Crippen MR) is 135 cm³/mol. The van der Waals surface area contributed by atoms with Crippen LogP contribution in [0.25, 0.3) is 11.0 Å². The molecular formula is C25H26N4O4S. The first-order valence-corrected chi connectivity index (χ1v) is 11.8. The van der Waals surface area contributed by atoms with Crippen molar-refractivity contribution in [2.75, 3.05) is 32.2 Å². The van der Waals surface area contributed by atoms with E-state index in [1.807, 2.05) is 30.3 Å². The molecule has 0 saturated carbocycles. The van der Waals surface area contributed by atoms with Gasteiger partial charge in [-0.05, 0) is 55.3 Å². The van der Waals surface area contributed by atoms with Gasteiger partial charge in [-0.2, -0.15) is 14.6 Å². The average molecular weight is 479 g/mol. The summed E-state index contributed by atoms with van der Waals surface area (Å²) in [7, 11) is 3.11. The van der Waals surface area contributed by atoms with E-state index in [0.717, 1.165) is 41.2 Å². The maximum Gasteiger partial charge on any atom is 0.296 e. The standard InChI is InChI=1S/C25H26N4O4S/c1-5-28(6-2)18-10-7-16(8-11-18)15-22-24(31)29-25(34-22)26-23(30)19(27-29)13-17-9-12-20(32-3)21(14-17)33-4/h7-12,14-15H,5-6,13H2,1-4H3/b22-15-. The van der Waals surface area contributed by atoms with Gasteiger partial charge in [0.1, 0.15) is 5.69 Å². The number of hydrogen-bond acceptors (Lipinski definition) is 8. The first-order chi connectivity index (χ1) is 16.5. The minimum atomic E-state index is -0.453. The first-order valence-electron chi connectivity index (χ1n) is 11.0. The van der Waals surface area contributed by atoms with Crippen molar-refractivity contribution in [3.63, 3.8) is 0 Å². The molecule has 0 atom stereocenters. The van der Waals surface area contributed by atoms with Crippen molar-refractivity contribution in [2.45, 2.75) is 20.3 Å². The van der Waals surface area contributed by atoms with Crippen LogP contribution in [0.15, 0.2) is 52.1 Å². The molecule has 0 spiro atoms. The maximum absolute atomic E-state index is 13.0. The number of nitrogens with zero attached hydrogens (tertiary/aromatic N) is 4. The molecule has 176 valence electrons. The van der Waals surface area contributed by atoms with Crippen LogP contribution in [-0.4, -0.2) is 41.9 Å². The fourth-order valence-electron chi connectivity index (χ4n) is 3.76. The summed E-state index contributed by atoms with van der Waals surface area (Å²) in [5, 5.41) is 4.33. The molecule has 34 heavy (non-hydrogen) atoms. The topological polar surface area (TPSA) is 86.0 Å². The highest BCUT2D eigenvalue weighted by atomic mass is 32.1. The van der Waals surface area contributed by atoms with E-state index in [2.05, 4.69) is 28.8 Å². The van der Waals surface area contributed by atoms with Gasteiger partial charge in [0.15, 0.2) is 11.5 Å². The number of rotatable bonds is 8. The lowest BCUT2D eigenvalue weighted by Gasteiger charge is -2.20. The van der Waals surface area contributed by atoms with Crippen molar-refractivity contribution in [2.24, 2.45) is 0 Å². The Hall–Kier alpha value is -3.72. The molecule has 2 heterocycles. The molecule has 0 amide bonds. The third-order valence-electron chi connectivity index (χ3n) is 5.59. The van der Waals surface area contributed by atoms with Crippen molar-refractivity contribution < 1.29 is 9.47 Å². The van der Waals surface area contributed by atoms with Crippen molar-refractivity contribution >= 4 is 28.1 Å². The number of thiazole rings is 1. The molecule has 0 aliphatic rings. The number of ether oxygens (including phenoxy) is 2. The summed E-state index contributed by atoms with van der Waals surface area (Å²) < 4.78 is 12.3. The molecule has 0 saturated heterocycles. The largest absolute Gasteiger partial charge is 0.493 e. The lowest BCUT2D eigenvalue weighted by molar-refractivity contribution is 0.354. The molecule has 0 fully saturated rings. The number of methoxy groups -OCH3 is 2. The fourth-order valence-corrected chi connectivity index (χ4v) is 4.66. The summed E-state index contributed by atoms with van der Waals surface area (Å²) in [6, 6.07) is 13.4. The molecule has 2 aromatic carbocycles. The van der Waals surface area contributed by atoms with E-state index in [1.165, 1.54) is 4.52 Å². The summed E-state index contributed by atoms with van der Waals surface area (Å²) in [4.78, 5) is 32.2. The van der Waals surface area contributed by atoms with Crippen molar-refractivity contribution in [3.05, 3.63) is 84.5 Å². The Morgan fingerprint density at radius 1 is 1.00 bits per heavy atom. The lowest BCUT2D eigenvalue weighted by atomic mass is 10.1. The number of hydrogen-bond donors (Lipinski definition) is 0. The summed E-state index contributed by atoms with van der Waals surface area (Å²) in [5.74, 6) is 1.15. The van der Waals surface area contributed by atoms with Crippen LogP contribution in [-0.2, 0) is 6.42 Å². The van der Waals surface area contributed by atoms with Crippen LogP contribution in [0, 0.1) is 0 Å². The molecule has 0 unspecified atom stereocenters. The highest BCUT2D eigenvalue weighted by Gasteiger charge is 2.13. The van der Waals surface area contributed by atoms with Crippen molar-refractivity contribution in [1.82, 2.24) is 14.6 Å². The third-order valence-corrected chi connectivity index (χ3v) is 6.55. The zero-order valence-corrected chi connectivity index (χ0v) is 20.4. The second kappa shape index (κ2) is 10.0. The SMILES string of the molecule is CCN(CC)c1ccc(/C=c2\sc3nc(=O)c(Cc4ccc(OC)c(OC)c4)nn3c2=O)cc1. The highest BCUT2D eigenvalue weighted by Crippen LogP contribution is 2.28. The van der Waals surface area contributed by atoms with Crippen LogP contribution >= 0.6 is 11.3 Å². The van der Waals surface area contributed by atoms with Gasteiger partial charge in [-0.25, -0.2) is 0 Å². The van der Waals surface area contributed by atoms with Crippen LogP contribution in [0.3, 0.4) is 0 Å². The van der Waals surface area contributed by atoms with Gasteiger partial charge < -0.3 is 14.4 Å². The predicted octanol–water partition coefficient (Wildman–Crippen LogP) is 2.51. The molecule has 8 nitrogen and oxygen atoms in total. The van der Waals surface area contributed by atoms with E-state index in [1.54, 1.807) is 32.4 Å². The van der Waals surface area contributed by atoms with Crippen LogP contribution in [0.1, 0.15) is 30.7 Å². The summed E-state index contributed by atoms with van der Waals surface area (Å²) >= 11 is 1.15. The monoisotopic (exact) mass is 478 g/mol. The lowest BCUT2D eigenvalue weighted by Crippen LogP contribution is -2.28. The molecule has 0 bridgehead atoms. The molecule has 2 aromatic heterocycles. The maximum atomic E-state index is 13.0. The van der Waals surface area contributed by atoms with Gasteiger partial charge >= 0.3 is 0 Å². The second-order valence-electron chi connectivity index (χ2n) is 7.60. The molecule has 9 heteroatoms. The Morgan fingerprint density at radius 3 is 2.35 bits per heavy atom. The molecule has 0 N–H and O–H groups in total. The molecule has 4 aromatic rings. The van der Waals surface area contributed by atoms with Gasteiger partial charge in [0.2, 0.25) is 4.96 Å². The normalized spacial score (nSPS) is 11.7. The molecule has 4 rings (SSSR count). The van der Waals surface area contributed by atoms with Crippen LogP contribution in [0.5, 0.6) is 11.5 Å². The first kappa shape index (κ1) is 23.4. The van der Waals surface area contributed by atoms with Gasteiger partial charge in [0.05, 0.1) is 18.8 Å². The van der Waals surface area contributed by atoms with Gasteiger partial charge in [0, 0.05) is 25.2 Å². The number of aromatic nitrogens is 3. The van der Waals surface area contributed by atoms with E-state index in [0.29, 0.717) is 16.0 Å². The zero-order valence-electron chi connectivity index (χ0n) is 19.6. The quantitative estimate of drug-likeness (QED) is 0.385. The Kier molecular flexibility index (Phi) is 6.93. The number of fused-ring (bicyclic) bond motifs is 1. The smallest absolute Gasteiger partial charge is 0.296 e. The molecule has 0 aliphatic heterocycles. The van der Waals surface area contributed by atoms with Gasteiger partial charge in [-0.1, -0.05) is 29.5 Å². The Bertz CT molecular complexity index is 1470. The van der Waals surface area contributed by atoms with E-state index in [-0.39, 0.29) is 22.6 Å². The molecular weight excluding hydrogens is 452 g/mol. The third kappa shape index (κ3) is 4.65. The van der Waals surface area contributed by atoms with Crippen LogP contribution < -0.4 is 30.0 Å². The summed E-state index contributed by atoms with van der Waals surface area (Å²) in [6.07, 6.45) is 2.02.